The van der Waals surface area contributed by atoms with Crippen LogP contribution in [0.4, 0.5) is 0 Å². The van der Waals surface area contributed by atoms with E-state index in [0.717, 1.165) is 90.1 Å². The summed E-state index contributed by atoms with van der Waals surface area (Å²) in [7, 11) is 1.00. The van der Waals surface area contributed by atoms with Crippen LogP contribution in [0.15, 0.2) is 102 Å². The van der Waals surface area contributed by atoms with Gasteiger partial charge in [-0.25, -0.2) is 0 Å². The summed E-state index contributed by atoms with van der Waals surface area (Å²) in [5.74, 6) is 6.28. The lowest BCUT2D eigenvalue weighted by Gasteiger charge is -2.05. The zero-order valence-corrected chi connectivity index (χ0v) is 34.8. The Morgan fingerprint density at radius 1 is 0.621 bits per heavy atom. The van der Waals surface area contributed by atoms with Crippen molar-refractivity contribution >= 4 is 15.9 Å². The molecule has 318 valence electrons. The second-order valence-electron chi connectivity index (χ2n) is 14.4. The van der Waals surface area contributed by atoms with Gasteiger partial charge in [-0.15, -0.1) is 0 Å². The van der Waals surface area contributed by atoms with Gasteiger partial charge >= 0.3 is 0 Å². The number of phenolic OH excluding ortho intramolecular Hbond substituents is 1. The molecule has 0 spiro atoms. The van der Waals surface area contributed by atoms with Crippen molar-refractivity contribution in [3.05, 3.63) is 130 Å². The van der Waals surface area contributed by atoms with Gasteiger partial charge in [0.05, 0.1) is 39.6 Å². The number of nitrogens with zero attached hydrogens (tertiary/aromatic N) is 3. The van der Waals surface area contributed by atoms with E-state index in [2.05, 4.69) is 26.0 Å². The number of aromatic hydroxyl groups is 1. The molecule has 0 atom stereocenters. The molecule has 0 bridgehead atoms. The Bertz CT molecular complexity index is 1670. The molecule has 6 N–H and O–H groups in total. The summed E-state index contributed by atoms with van der Waals surface area (Å²) in [4.78, 5) is 2.73. The third kappa shape index (κ3) is 23.8. The second-order valence-corrected chi connectivity index (χ2v) is 15.0. The number of alkyl halides is 1. The summed E-state index contributed by atoms with van der Waals surface area (Å²) in [6.07, 6.45) is 10.8. The number of azide groups is 1. The lowest BCUT2D eigenvalue weighted by Crippen LogP contribution is -2.00. The molecule has 4 aliphatic rings. The molecule has 0 unspecified atom stereocenters. The maximum Gasteiger partial charge on any atom is 0.119 e. The number of hydrogen-bond acceptors (Lipinski definition) is 9. The molecule has 0 aliphatic heterocycles. The predicted octanol–water partition coefficient (Wildman–Crippen LogP) is 10.1. The van der Waals surface area contributed by atoms with Gasteiger partial charge in [-0.1, -0.05) is 77.0 Å². The molecule has 12 heteroatoms. The van der Waals surface area contributed by atoms with E-state index in [0.29, 0.717) is 13.1 Å². The molecule has 0 amide bonds. The molecule has 8 rings (SSSR count). The number of phenols is 1. The minimum absolute atomic E-state index is 0. The minimum atomic E-state index is -0.0194. The third-order valence-corrected chi connectivity index (χ3v) is 9.90. The second kappa shape index (κ2) is 29.9. The molecular weight excluding hydrogens is 800 g/mol. The minimum Gasteiger partial charge on any atom is -0.508 e. The summed E-state index contributed by atoms with van der Waals surface area (Å²) < 4.78 is 16.8. The first kappa shape index (κ1) is 49.9. The van der Waals surface area contributed by atoms with E-state index in [1.807, 2.05) is 72.8 Å². The van der Waals surface area contributed by atoms with Crippen LogP contribution < -0.4 is 19.9 Å². The molecule has 0 saturated heterocycles. The van der Waals surface area contributed by atoms with Crippen LogP contribution >= 0.6 is 15.9 Å². The number of aliphatic hydroxyl groups excluding tert-OH is 3. The fraction of sp³-hybridized carbons (Fsp3) is 0.478. The Labute approximate surface area is 354 Å². The van der Waals surface area contributed by atoms with Crippen LogP contribution in [0.2, 0.25) is 0 Å². The van der Waals surface area contributed by atoms with Gasteiger partial charge in [0.1, 0.15) is 23.0 Å². The Balaban J connectivity index is 0.000000254. The normalized spacial score (nSPS) is 14.4. The summed E-state index contributed by atoms with van der Waals surface area (Å²) in [6, 6.07) is 29.9. The molecule has 4 saturated carbocycles. The number of halogens is 1. The predicted molar refractivity (Wildman–Crippen MR) is 236 cm³/mol. The fourth-order valence-electron chi connectivity index (χ4n) is 4.77. The molecule has 4 fully saturated rings. The van der Waals surface area contributed by atoms with E-state index in [9.17, 15) is 0 Å². The lowest BCUT2D eigenvalue weighted by molar-refractivity contribution is 0.277. The highest BCUT2D eigenvalue weighted by Gasteiger charge is 2.23. The number of nitrogens with two attached hydrogens (primary N) is 1. The van der Waals surface area contributed by atoms with E-state index in [1.165, 1.54) is 62.8 Å². The Morgan fingerprint density at radius 3 is 1.34 bits per heavy atom. The van der Waals surface area contributed by atoms with Crippen molar-refractivity contribution in [2.45, 2.75) is 85.1 Å². The van der Waals surface area contributed by atoms with Gasteiger partial charge in [-0.05, 0) is 151 Å². The Hall–Kier alpha value is -4.29. The fourth-order valence-corrected chi connectivity index (χ4v) is 5.41. The van der Waals surface area contributed by atoms with Crippen molar-refractivity contribution < 1.29 is 34.6 Å². The van der Waals surface area contributed by atoms with Gasteiger partial charge in [-0.2, -0.15) is 0 Å². The van der Waals surface area contributed by atoms with Crippen molar-refractivity contribution in [3.63, 3.8) is 0 Å². The topological polar surface area (TPSA) is 183 Å². The number of ether oxygens (including phenoxy) is 3. The lowest BCUT2D eigenvalue weighted by atomic mass is 10.2. The van der Waals surface area contributed by atoms with Gasteiger partial charge < -0.3 is 40.4 Å². The van der Waals surface area contributed by atoms with Gasteiger partial charge in [0.2, 0.25) is 0 Å². The quantitative estimate of drug-likeness (QED) is 0.0338. The maximum absolute atomic E-state index is 8.90. The SMILES string of the molecule is BrCC1CC1.C.CO.NCc1cccc(OCC2CC2)c1.OCc1cccc(O)c1.OCc1cccc(OCC2CC2)c1.[N-]=[N+]=NCc1cccc(OCC2CC2)c1. The average molecular weight is 866 g/mol. The van der Waals surface area contributed by atoms with Gasteiger partial charge in [0.25, 0.3) is 0 Å². The van der Waals surface area contributed by atoms with E-state index < -0.39 is 0 Å². The Kier molecular flexibility index (Phi) is 25.7. The van der Waals surface area contributed by atoms with Crippen LogP contribution in [0.25, 0.3) is 10.4 Å². The number of hydrogen-bond donors (Lipinski definition) is 5. The molecule has 4 aromatic rings. The first-order valence-electron chi connectivity index (χ1n) is 19.8. The smallest absolute Gasteiger partial charge is 0.119 e. The third-order valence-electron chi connectivity index (χ3n) is 8.99. The first-order valence-corrected chi connectivity index (χ1v) is 20.9. The van der Waals surface area contributed by atoms with E-state index in [4.69, 9.17) is 45.9 Å². The number of aliphatic hydroxyl groups is 3. The highest BCUT2D eigenvalue weighted by molar-refractivity contribution is 9.09. The molecule has 0 heterocycles. The molecule has 4 aromatic carbocycles. The van der Waals surface area contributed by atoms with Crippen LogP contribution in [0.1, 0.15) is 81.0 Å². The van der Waals surface area contributed by atoms with Crippen molar-refractivity contribution in [2.24, 2.45) is 34.5 Å². The van der Waals surface area contributed by atoms with E-state index in [-0.39, 0.29) is 26.4 Å². The van der Waals surface area contributed by atoms with Crippen LogP contribution in [0, 0.1) is 23.7 Å². The van der Waals surface area contributed by atoms with Crippen LogP contribution in [0.3, 0.4) is 0 Å². The first-order chi connectivity index (χ1) is 27.9. The molecular formula is C46H65BrN4O7. The number of benzene rings is 4. The van der Waals surface area contributed by atoms with Crippen molar-refractivity contribution in [2.75, 3.05) is 32.3 Å². The van der Waals surface area contributed by atoms with Crippen LogP contribution in [-0.2, 0) is 26.3 Å². The van der Waals surface area contributed by atoms with Crippen LogP contribution in [-0.4, -0.2) is 52.7 Å². The van der Waals surface area contributed by atoms with Crippen molar-refractivity contribution in [1.29, 1.82) is 0 Å². The zero-order valence-electron chi connectivity index (χ0n) is 33.2. The molecule has 0 radical (unpaired) electrons. The largest absolute Gasteiger partial charge is 0.508 e. The maximum atomic E-state index is 8.90. The van der Waals surface area contributed by atoms with Gasteiger partial charge in [0, 0.05) is 23.9 Å². The summed E-state index contributed by atoms with van der Waals surface area (Å²) in [5, 5.41) is 38.0. The van der Waals surface area contributed by atoms with Gasteiger partial charge in [-0.3, -0.25) is 0 Å². The molecule has 11 nitrogen and oxygen atoms in total. The van der Waals surface area contributed by atoms with Crippen molar-refractivity contribution in [3.8, 4) is 23.0 Å². The number of rotatable bonds is 15. The van der Waals surface area contributed by atoms with Crippen molar-refractivity contribution in [1.82, 2.24) is 0 Å². The van der Waals surface area contributed by atoms with Gasteiger partial charge in [0.15, 0.2) is 0 Å². The standard InChI is InChI=1S/C11H13N3O.C11H15NO.C11H14O2.C7H8O2.C4H7Br.CH4O.CH4/c12-14-13-7-10-2-1-3-11(6-10)15-8-9-4-5-9;2*12-7-10-2-1-3-11(6-10)13-8-9-4-5-9;8-5-6-2-1-3-7(9)4-6;5-3-4-1-2-4;1-2;/h1-3,6,9H,4-5,7-8H2;1-3,6,9H,4-5,7-8,12H2;1-3,6,9,12H,4-5,7-8H2;1-4,8-9H,5H2;4H,1-3H2;2H,1H3;1H4. The van der Waals surface area contributed by atoms with Crippen LogP contribution in [0.5, 0.6) is 23.0 Å². The molecule has 4 aliphatic carbocycles. The summed E-state index contributed by atoms with van der Waals surface area (Å²) in [5.41, 5.74) is 17.5. The highest BCUT2D eigenvalue weighted by atomic mass is 79.9. The van der Waals surface area contributed by atoms with E-state index in [1.54, 1.807) is 18.2 Å². The highest BCUT2D eigenvalue weighted by Crippen LogP contribution is 2.31. The Morgan fingerprint density at radius 2 is 1.00 bits per heavy atom. The summed E-state index contributed by atoms with van der Waals surface area (Å²) >= 11 is 3.38. The zero-order chi connectivity index (χ0) is 41.1. The van der Waals surface area contributed by atoms with E-state index >= 15 is 0 Å². The molecule has 0 aromatic heterocycles. The average Bonchev–Trinajstić information content (AvgIpc) is 4.07. The molecule has 58 heavy (non-hydrogen) atoms. The monoisotopic (exact) mass is 864 g/mol. The summed E-state index contributed by atoms with van der Waals surface area (Å²) in [6.45, 7) is 3.54.